The van der Waals surface area contributed by atoms with E-state index in [1.807, 2.05) is 18.2 Å². The fraction of sp³-hybridized carbons (Fsp3) is 0.550. The quantitative estimate of drug-likeness (QED) is 0.785. The van der Waals surface area contributed by atoms with Gasteiger partial charge < -0.3 is 10.6 Å². The van der Waals surface area contributed by atoms with E-state index < -0.39 is 18.1 Å². The lowest BCUT2D eigenvalue weighted by Gasteiger charge is -2.30. The summed E-state index contributed by atoms with van der Waals surface area (Å²) in [7, 11) is 0. The number of nitrogens with one attached hydrogen (secondary N) is 1. The number of fused-ring (bicyclic) bond motifs is 1. The molecule has 0 aromatic heterocycles. The van der Waals surface area contributed by atoms with E-state index in [1.54, 1.807) is 4.90 Å². The van der Waals surface area contributed by atoms with E-state index in [0.29, 0.717) is 31.4 Å². The van der Waals surface area contributed by atoms with E-state index in [0.717, 1.165) is 24.0 Å². The Hall–Kier alpha value is -2.28. The highest BCUT2D eigenvalue weighted by molar-refractivity contribution is 6.05. The molecule has 3 amide bonds. The van der Waals surface area contributed by atoms with Crippen molar-refractivity contribution < 1.29 is 18.8 Å². The molecule has 3 N–H and O–H groups in total. The maximum Gasteiger partial charge on any atom is 0.255 e. The summed E-state index contributed by atoms with van der Waals surface area (Å²) in [6, 6.07) is 5.01. The van der Waals surface area contributed by atoms with Crippen LogP contribution in [0.25, 0.3) is 0 Å². The molecule has 6 nitrogen and oxygen atoms in total. The van der Waals surface area contributed by atoms with Crippen LogP contribution in [0.3, 0.4) is 0 Å². The molecule has 2 aliphatic heterocycles. The minimum Gasteiger partial charge on any atom is -0.327 e. The first-order chi connectivity index (χ1) is 12.9. The van der Waals surface area contributed by atoms with Gasteiger partial charge in [-0.25, -0.2) is 4.39 Å². The van der Waals surface area contributed by atoms with Gasteiger partial charge in [-0.15, -0.1) is 0 Å². The molecule has 0 spiro atoms. The minimum atomic E-state index is -0.795. The molecule has 2 heterocycles. The Morgan fingerprint density at radius 3 is 2.74 bits per heavy atom. The SMILES string of the molecule is N[C@H]1C[C@H](F)CC[C@@H]1Cc1ccc2c(c1)CN(C1CCC(=O)NC1=O)C2=O. The molecule has 144 valence electrons. The maximum atomic E-state index is 13.5. The predicted molar refractivity (Wildman–Crippen MR) is 96.4 cm³/mol. The molecule has 1 saturated carbocycles. The predicted octanol–water partition coefficient (Wildman–Crippen LogP) is 1.46. The summed E-state index contributed by atoms with van der Waals surface area (Å²) in [6.45, 7) is 0.373. The van der Waals surface area contributed by atoms with Crippen molar-refractivity contribution in [2.45, 2.75) is 63.3 Å². The van der Waals surface area contributed by atoms with E-state index in [9.17, 15) is 18.8 Å². The van der Waals surface area contributed by atoms with Crippen LogP contribution in [-0.4, -0.2) is 40.9 Å². The van der Waals surface area contributed by atoms with Gasteiger partial charge in [0.1, 0.15) is 12.2 Å². The van der Waals surface area contributed by atoms with Crippen LogP contribution in [0.5, 0.6) is 0 Å². The molecular formula is C20H24FN3O3. The zero-order valence-corrected chi connectivity index (χ0v) is 15.1. The van der Waals surface area contributed by atoms with Crippen molar-refractivity contribution in [3.63, 3.8) is 0 Å². The Balaban J connectivity index is 1.48. The maximum absolute atomic E-state index is 13.5. The van der Waals surface area contributed by atoms with Crippen LogP contribution in [0, 0.1) is 5.92 Å². The molecule has 3 aliphatic rings. The fourth-order valence-electron chi connectivity index (χ4n) is 4.53. The number of hydrogen-bond acceptors (Lipinski definition) is 4. The molecule has 27 heavy (non-hydrogen) atoms. The van der Waals surface area contributed by atoms with Gasteiger partial charge in [-0.2, -0.15) is 0 Å². The van der Waals surface area contributed by atoms with Crippen molar-refractivity contribution in [2.75, 3.05) is 0 Å². The standard InChI is InChI=1S/C20H24FN3O3/c21-14-3-2-12(16(22)9-14)7-11-1-4-15-13(8-11)10-24(20(15)27)17-5-6-18(25)23-19(17)26/h1,4,8,12,14,16-17H,2-3,5-7,9-10,22H2,(H,23,25,26)/t12-,14-,16+,17?/m1/s1. The summed E-state index contributed by atoms with van der Waals surface area (Å²) >= 11 is 0. The number of rotatable bonds is 3. The van der Waals surface area contributed by atoms with Crippen molar-refractivity contribution in [1.82, 2.24) is 10.2 Å². The summed E-state index contributed by atoms with van der Waals surface area (Å²) in [5, 5.41) is 2.31. The van der Waals surface area contributed by atoms with Gasteiger partial charge in [0.25, 0.3) is 5.91 Å². The van der Waals surface area contributed by atoms with E-state index in [4.69, 9.17) is 5.73 Å². The number of hydrogen-bond donors (Lipinski definition) is 2. The second kappa shape index (κ2) is 7.03. The second-order valence-electron chi connectivity index (χ2n) is 7.93. The number of nitrogens with two attached hydrogens (primary N) is 1. The van der Waals surface area contributed by atoms with Crippen LogP contribution in [0.1, 0.15) is 53.6 Å². The molecule has 2 fully saturated rings. The van der Waals surface area contributed by atoms with Crippen molar-refractivity contribution in [3.05, 3.63) is 34.9 Å². The van der Waals surface area contributed by atoms with Crippen LogP contribution in [0.4, 0.5) is 4.39 Å². The number of alkyl halides is 1. The van der Waals surface area contributed by atoms with Gasteiger partial charge in [-0.3, -0.25) is 19.7 Å². The third kappa shape index (κ3) is 3.48. The van der Waals surface area contributed by atoms with Gasteiger partial charge >= 0.3 is 0 Å². The second-order valence-corrected chi connectivity index (χ2v) is 7.93. The van der Waals surface area contributed by atoms with Crippen molar-refractivity contribution in [1.29, 1.82) is 0 Å². The Morgan fingerprint density at radius 2 is 2.00 bits per heavy atom. The average molecular weight is 373 g/mol. The molecule has 4 rings (SSSR count). The van der Waals surface area contributed by atoms with Gasteiger partial charge in [-0.1, -0.05) is 12.1 Å². The van der Waals surface area contributed by atoms with E-state index >= 15 is 0 Å². The number of nitrogens with zero attached hydrogens (tertiary/aromatic N) is 1. The van der Waals surface area contributed by atoms with Gasteiger partial charge in [0.05, 0.1) is 0 Å². The lowest BCUT2D eigenvalue weighted by atomic mass is 9.80. The van der Waals surface area contributed by atoms with Gasteiger partial charge in [-0.05, 0) is 55.2 Å². The molecule has 7 heteroatoms. The zero-order valence-electron chi connectivity index (χ0n) is 15.1. The molecule has 0 bridgehead atoms. The number of halogens is 1. The molecule has 1 aromatic rings. The molecule has 0 radical (unpaired) electrons. The third-order valence-corrected chi connectivity index (χ3v) is 6.07. The van der Waals surface area contributed by atoms with Gasteiger partial charge in [0, 0.05) is 24.6 Å². The molecular weight excluding hydrogens is 349 g/mol. The largest absolute Gasteiger partial charge is 0.327 e. The first-order valence-electron chi connectivity index (χ1n) is 9.58. The summed E-state index contributed by atoms with van der Waals surface area (Å²) in [4.78, 5) is 37.7. The normalized spacial score (nSPS) is 31.0. The average Bonchev–Trinajstić information content (AvgIpc) is 2.93. The first-order valence-corrected chi connectivity index (χ1v) is 9.58. The zero-order chi connectivity index (χ0) is 19.1. The monoisotopic (exact) mass is 373 g/mol. The van der Waals surface area contributed by atoms with E-state index in [2.05, 4.69) is 5.32 Å². The first kappa shape index (κ1) is 18.1. The lowest BCUT2D eigenvalue weighted by Crippen LogP contribution is -2.52. The third-order valence-electron chi connectivity index (χ3n) is 6.07. The van der Waals surface area contributed by atoms with Crippen LogP contribution >= 0.6 is 0 Å². The molecule has 1 aliphatic carbocycles. The number of amides is 3. The fourth-order valence-corrected chi connectivity index (χ4v) is 4.53. The molecule has 4 atom stereocenters. The van der Waals surface area contributed by atoms with Crippen molar-refractivity contribution in [2.24, 2.45) is 11.7 Å². The summed E-state index contributed by atoms with van der Waals surface area (Å²) < 4.78 is 13.5. The van der Waals surface area contributed by atoms with Crippen LogP contribution in [0.2, 0.25) is 0 Å². The number of benzene rings is 1. The smallest absolute Gasteiger partial charge is 0.255 e. The van der Waals surface area contributed by atoms with Crippen LogP contribution in [0.15, 0.2) is 18.2 Å². The Kier molecular flexibility index (Phi) is 4.72. The number of carbonyl (C=O) groups is 3. The van der Waals surface area contributed by atoms with Crippen molar-refractivity contribution >= 4 is 17.7 Å². The highest BCUT2D eigenvalue weighted by Crippen LogP contribution is 2.31. The van der Waals surface area contributed by atoms with Gasteiger partial charge in [0.15, 0.2) is 0 Å². The Labute approximate surface area is 157 Å². The Morgan fingerprint density at radius 1 is 1.19 bits per heavy atom. The highest BCUT2D eigenvalue weighted by Gasteiger charge is 2.39. The van der Waals surface area contributed by atoms with Crippen LogP contribution < -0.4 is 11.1 Å². The summed E-state index contributed by atoms with van der Waals surface area (Å²) in [6.07, 6.45) is 2.34. The molecule has 1 aromatic carbocycles. The summed E-state index contributed by atoms with van der Waals surface area (Å²) in [5.41, 5.74) is 8.72. The number of imide groups is 1. The topological polar surface area (TPSA) is 92.5 Å². The molecule has 1 unspecified atom stereocenters. The Bertz CT molecular complexity index is 797. The van der Waals surface area contributed by atoms with Crippen LogP contribution in [-0.2, 0) is 22.6 Å². The lowest BCUT2D eigenvalue weighted by molar-refractivity contribution is -0.136. The van der Waals surface area contributed by atoms with Crippen molar-refractivity contribution in [3.8, 4) is 0 Å². The summed E-state index contributed by atoms with van der Waals surface area (Å²) in [5.74, 6) is -0.609. The van der Waals surface area contributed by atoms with Gasteiger partial charge in [0.2, 0.25) is 11.8 Å². The number of carbonyl (C=O) groups excluding carboxylic acids is 3. The number of piperidine rings is 1. The van der Waals surface area contributed by atoms with E-state index in [1.165, 1.54) is 0 Å². The minimum absolute atomic E-state index is 0.136. The highest BCUT2D eigenvalue weighted by atomic mass is 19.1. The molecule has 1 saturated heterocycles. The van der Waals surface area contributed by atoms with E-state index in [-0.39, 0.29) is 30.2 Å².